The number of hydrogen-bond donors (Lipinski definition) is 1. The zero-order valence-electron chi connectivity index (χ0n) is 8.66. The number of nitrogens with one attached hydrogen (secondary N) is 1. The van der Waals surface area contributed by atoms with Crippen LogP contribution in [0.4, 0.5) is 0 Å². The zero-order chi connectivity index (χ0) is 10.4. The van der Waals surface area contributed by atoms with Gasteiger partial charge in [0.15, 0.2) is 9.84 Å². The molecule has 14 heavy (non-hydrogen) atoms. The lowest BCUT2D eigenvalue weighted by molar-refractivity contribution is 0.194. The Kier molecular flexibility index (Phi) is 4.84. The smallest absolute Gasteiger partial charge is 0.154 e. The van der Waals surface area contributed by atoms with Gasteiger partial charge in [0.1, 0.15) is 0 Å². The third kappa shape index (κ3) is 3.55. The lowest BCUT2D eigenvalue weighted by atomic mass is 10.2. The van der Waals surface area contributed by atoms with Crippen LogP contribution in [0.2, 0.25) is 0 Å². The van der Waals surface area contributed by atoms with Crippen LogP contribution in [0.25, 0.3) is 0 Å². The molecule has 0 aliphatic carbocycles. The molecule has 0 saturated carbocycles. The van der Waals surface area contributed by atoms with E-state index in [0.717, 1.165) is 32.4 Å². The first-order chi connectivity index (χ1) is 6.67. The van der Waals surface area contributed by atoms with E-state index in [2.05, 4.69) is 5.32 Å². The lowest BCUT2D eigenvalue weighted by Crippen LogP contribution is -2.31. The molecule has 0 aromatic rings. The number of rotatable bonds is 6. The maximum absolute atomic E-state index is 11.4. The standard InChI is InChI=1S/C9H19NO3S/c1-13-6-3-5-10-8-9-4-2-7-14(9,11)12/h9-10H,2-8H2,1H3. The van der Waals surface area contributed by atoms with Crippen molar-refractivity contribution in [3.8, 4) is 0 Å². The van der Waals surface area contributed by atoms with E-state index in [0.29, 0.717) is 12.3 Å². The molecule has 1 fully saturated rings. The molecule has 1 aliphatic rings. The van der Waals surface area contributed by atoms with Gasteiger partial charge in [-0.25, -0.2) is 8.42 Å². The molecule has 1 aliphatic heterocycles. The molecule has 5 heteroatoms. The highest BCUT2D eigenvalue weighted by atomic mass is 32.2. The van der Waals surface area contributed by atoms with Crippen LogP contribution in [0.5, 0.6) is 0 Å². The van der Waals surface area contributed by atoms with Crippen molar-refractivity contribution in [1.82, 2.24) is 5.32 Å². The average molecular weight is 221 g/mol. The summed E-state index contributed by atoms with van der Waals surface area (Å²) >= 11 is 0. The molecule has 1 rings (SSSR count). The SMILES string of the molecule is COCCCNCC1CCCS1(=O)=O. The molecule has 0 radical (unpaired) electrons. The van der Waals surface area contributed by atoms with Crippen molar-refractivity contribution >= 4 is 9.84 Å². The predicted octanol–water partition coefficient (Wildman–Crippen LogP) is 0.190. The third-order valence-electron chi connectivity index (χ3n) is 2.54. The maximum Gasteiger partial charge on any atom is 0.154 e. The number of methoxy groups -OCH3 is 1. The van der Waals surface area contributed by atoms with Crippen molar-refractivity contribution in [3.63, 3.8) is 0 Å². The minimum atomic E-state index is -2.77. The van der Waals surface area contributed by atoms with Gasteiger partial charge in [-0.05, 0) is 25.8 Å². The molecule has 1 saturated heterocycles. The van der Waals surface area contributed by atoms with Crippen LogP contribution in [0.3, 0.4) is 0 Å². The molecule has 0 bridgehead atoms. The minimum absolute atomic E-state index is 0.148. The molecular formula is C9H19NO3S. The average Bonchev–Trinajstić information content (AvgIpc) is 2.45. The van der Waals surface area contributed by atoms with Gasteiger partial charge in [0.2, 0.25) is 0 Å². The topological polar surface area (TPSA) is 55.4 Å². The van der Waals surface area contributed by atoms with E-state index in [1.807, 2.05) is 0 Å². The van der Waals surface area contributed by atoms with Crippen molar-refractivity contribution in [2.75, 3.05) is 32.6 Å². The van der Waals surface area contributed by atoms with E-state index in [-0.39, 0.29) is 5.25 Å². The van der Waals surface area contributed by atoms with Gasteiger partial charge in [0, 0.05) is 20.3 Å². The zero-order valence-corrected chi connectivity index (χ0v) is 9.48. The second-order valence-electron chi connectivity index (χ2n) is 3.68. The summed E-state index contributed by atoms with van der Waals surface area (Å²) in [6.07, 6.45) is 2.58. The third-order valence-corrected chi connectivity index (χ3v) is 4.81. The second kappa shape index (κ2) is 5.68. The summed E-state index contributed by atoms with van der Waals surface area (Å²) in [5, 5.41) is 3.01. The largest absolute Gasteiger partial charge is 0.385 e. The summed E-state index contributed by atoms with van der Waals surface area (Å²) in [5.41, 5.74) is 0. The molecular weight excluding hydrogens is 202 g/mol. The monoisotopic (exact) mass is 221 g/mol. The number of hydrogen-bond acceptors (Lipinski definition) is 4. The first-order valence-corrected chi connectivity index (χ1v) is 6.79. The van der Waals surface area contributed by atoms with Gasteiger partial charge >= 0.3 is 0 Å². The van der Waals surface area contributed by atoms with Gasteiger partial charge in [-0.1, -0.05) is 0 Å². The van der Waals surface area contributed by atoms with Gasteiger partial charge in [-0.3, -0.25) is 0 Å². The van der Waals surface area contributed by atoms with Gasteiger partial charge in [0.05, 0.1) is 11.0 Å². The van der Waals surface area contributed by atoms with Crippen LogP contribution in [0.15, 0.2) is 0 Å². The molecule has 1 N–H and O–H groups in total. The van der Waals surface area contributed by atoms with Crippen molar-refractivity contribution in [2.24, 2.45) is 0 Å². The molecule has 1 unspecified atom stereocenters. The van der Waals surface area contributed by atoms with Crippen molar-refractivity contribution in [3.05, 3.63) is 0 Å². The van der Waals surface area contributed by atoms with Crippen molar-refractivity contribution in [1.29, 1.82) is 0 Å². The molecule has 0 aromatic heterocycles. The Balaban J connectivity index is 2.13. The lowest BCUT2D eigenvalue weighted by Gasteiger charge is -2.10. The summed E-state index contributed by atoms with van der Waals surface area (Å²) < 4.78 is 27.7. The summed E-state index contributed by atoms with van der Waals surface area (Å²) in [6, 6.07) is 0. The van der Waals surface area contributed by atoms with E-state index >= 15 is 0 Å². The van der Waals surface area contributed by atoms with Gasteiger partial charge in [0.25, 0.3) is 0 Å². The highest BCUT2D eigenvalue weighted by molar-refractivity contribution is 7.92. The van der Waals surface area contributed by atoms with E-state index < -0.39 is 9.84 Å². The van der Waals surface area contributed by atoms with E-state index in [9.17, 15) is 8.42 Å². The van der Waals surface area contributed by atoms with Crippen LogP contribution < -0.4 is 5.32 Å². The van der Waals surface area contributed by atoms with E-state index in [1.54, 1.807) is 7.11 Å². The number of sulfone groups is 1. The van der Waals surface area contributed by atoms with Crippen molar-refractivity contribution < 1.29 is 13.2 Å². The summed E-state index contributed by atoms with van der Waals surface area (Å²) in [6.45, 7) is 2.16. The Morgan fingerprint density at radius 1 is 1.50 bits per heavy atom. The molecule has 0 spiro atoms. The Bertz CT molecular complexity index is 251. The first-order valence-electron chi connectivity index (χ1n) is 5.08. The van der Waals surface area contributed by atoms with Crippen molar-refractivity contribution in [2.45, 2.75) is 24.5 Å². The fraction of sp³-hybridized carbons (Fsp3) is 1.00. The Hall–Kier alpha value is -0.130. The van der Waals surface area contributed by atoms with Gasteiger partial charge < -0.3 is 10.1 Å². The summed E-state index contributed by atoms with van der Waals surface area (Å²) in [7, 11) is -1.11. The number of ether oxygens (including phenoxy) is 1. The fourth-order valence-corrected chi connectivity index (χ4v) is 3.49. The Labute approximate surface area is 85.9 Å². The first kappa shape index (κ1) is 11.9. The Morgan fingerprint density at radius 3 is 2.86 bits per heavy atom. The second-order valence-corrected chi connectivity index (χ2v) is 6.08. The van der Waals surface area contributed by atoms with E-state index in [4.69, 9.17) is 4.74 Å². The van der Waals surface area contributed by atoms with Gasteiger partial charge in [-0.15, -0.1) is 0 Å². The van der Waals surface area contributed by atoms with Crippen LogP contribution in [0.1, 0.15) is 19.3 Å². The maximum atomic E-state index is 11.4. The molecule has 1 heterocycles. The van der Waals surface area contributed by atoms with Crippen LogP contribution in [0, 0.1) is 0 Å². The van der Waals surface area contributed by atoms with Crippen LogP contribution in [-0.4, -0.2) is 46.2 Å². The summed E-state index contributed by atoms with van der Waals surface area (Å²) in [4.78, 5) is 0. The van der Waals surface area contributed by atoms with E-state index in [1.165, 1.54) is 0 Å². The Morgan fingerprint density at radius 2 is 2.29 bits per heavy atom. The van der Waals surface area contributed by atoms with Crippen LogP contribution >= 0.6 is 0 Å². The van der Waals surface area contributed by atoms with Crippen LogP contribution in [-0.2, 0) is 14.6 Å². The quantitative estimate of drug-likeness (QED) is 0.651. The molecule has 0 amide bonds. The van der Waals surface area contributed by atoms with Gasteiger partial charge in [-0.2, -0.15) is 0 Å². The summed E-state index contributed by atoms with van der Waals surface area (Å²) in [5.74, 6) is 0.372. The normalized spacial score (nSPS) is 25.4. The molecule has 0 aromatic carbocycles. The molecule has 84 valence electrons. The predicted molar refractivity (Wildman–Crippen MR) is 56.2 cm³/mol. The highest BCUT2D eigenvalue weighted by Gasteiger charge is 2.30. The fourth-order valence-electron chi connectivity index (χ4n) is 1.69. The molecule has 1 atom stereocenters. The molecule has 4 nitrogen and oxygen atoms in total. The highest BCUT2D eigenvalue weighted by Crippen LogP contribution is 2.18. The minimum Gasteiger partial charge on any atom is -0.385 e.